The lowest BCUT2D eigenvalue weighted by Gasteiger charge is -2.23. The molecule has 8 heteroatoms. The summed E-state index contributed by atoms with van der Waals surface area (Å²) in [6.07, 6.45) is 3.92. The van der Waals surface area contributed by atoms with Crippen LogP contribution in [0.3, 0.4) is 0 Å². The van der Waals surface area contributed by atoms with E-state index in [-0.39, 0.29) is 10.8 Å². The molecule has 0 aliphatic carbocycles. The van der Waals surface area contributed by atoms with Crippen LogP contribution in [0.25, 0.3) is 55.7 Å². The highest BCUT2D eigenvalue weighted by Crippen LogP contribution is 2.41. The summed E-state index contributed by atoms with van der Waals surface area (Å²) >= 11 is 0. The molecular weight excluding hydrogens is 619 g/mol. The number of ether oxygens (including phenoxy) is 1. The average molecular weight is 659 g/mol. The van der Waals surface area contributed by atoms with Gasteiger partial charge in [-0.05, 0) is 48.5 Å². The fourth-order valence-corrected chi connectivity index (χ4v) is 6.45. The minimum absolute atomic E-state index is 0.290. The Kier molecular flexibility index (Phi) is 7.29. The normalized spacial score (nSPS) is 12.3. The Bertz CT molecular complexity index is 2520. The second kappa shape index (κ2) is 11.6. The number of hydrogen-bond acceptors (Lipinski definition) is 5. The van der Waals surface area contributed by atoms with Gasteiger partial charge >= 0.3 is 0 Å². The summed E-state index contributed by atoms with van der Waals surface area (Å²) in [5, 5.41) is 2.17. The van der Waals surface area contributed by atoms with Gasteiger partial charge in [-0.15, -0.1) is 0 Å². The van der Waals surface area contributed by atoms with Crippen molar-refractivity contribution in [2.45, 2.75) is 52.4 Å². The van der Waals surface area contributed by atoms with E-state index in [4.69, 9.17) is 24.7 Å². The molecule has 0 saturated heterocycles. The molecule has 0 radical (unpaired) electrons. The highest BCUT2D eigenvalue weighted by Gasteiger charge is 2.27. The Morgan fingerprint density at radius 1 is 0.640 bits per heavy atom. The number of imidazole rings is 1. The van der Waals surface area contributed by atoms with E-state index < -0.39 is 0 Å². The van der Waals surface area contributed by atoms with E-state index in [9.17, 15) is 0 Å². The van der Waals surface area contributed by atoms with E-state index in [2.05, 4.69) is 141 Å². The average Bonchev–Trinajstić information content (AvgIpc) is 3.61. The van der Waals surface area contributed by atoms with Crippen molar-refractivity contribution in [3.05, 3.63) is 127 Å². The molecule has 0 N–H and O–H groups in total. The van der Waals surface area contributed by atoms with Crippen LogP contribution in [0.15, 0.2) is 116 Å². The minimum atomic E-state index is -0.290. The number of pyridine rings is 1. The highest BCUT2D eigenvalue weighted by atomic mass is 16.5. The number of rotatable bonds is 5. The third kappa shape index (κ3) is 5.47. The zero-order valence-corrected chi connectivity index (χ0v) is 29.5. The lowest BCUT2D eigenvalue weighted by Crippen LogP contribution is -2.25. The van der Waals surface area contributed by atoms with Crippen LogP contribution in [-0.2, 0) is 17.9 Å². The van der Waals surface area contributed by atoms with Crippen molar-refractivity contribution in [1.29, 1.82) is 0 Å². The minimum Gasteiger partial charge on any atom is -0.456 e. The van der Waals surface area contributed by atoms with Crippen LogP contribution in [-0.4, -0.2) is 29.1 Å². The van der Waals surface area contributed by atoms with Crippen LogP contribution in [0.4, 0.5) is 0 Å². The van der Waals surface area contributed by atoms with E-state index in [1.807, 2.05) is 36.5 Å². The van der Waals surface area contributed by atoms with Crippen LogP contribution in [0.1, 0.15) is 53.2 Å². The Hall–Kier alpha value is -5.89. The summed E-state index contributed by atoms with van der Waals surface area (Å²) < 4.78 is 13.4. The zero-order valence-electron chi connectivity index (χ0n) is 29.5. The molecule has 8 nitrogen and oxygen atoms in total. The standard InChI is InChI=1S/C42H40N7O/c1-41(2,3)39-44-38(45-40(46-39)42(4,5)6)31-24-30-29-17-8-9-18-32(29)49(37-21-12-13-22-43-37)35(30)25-36(31)50-28-16-14-15-27(23-28)48-26-47(7)33-19-10-11-20-34(33)48/h8-26H,1-7H3/q+1. The van der Waals surface area contributed by atoms with Gasteiger partial charge in [0.1, 0.15) is 34.7 Å². The van der Waals surface area contributed by atoms with Crippen LogP contribution >= 0.6 is 0 Å². The first-order chi connectivity index (χ1) is 24.0. The first-order valence-electron chi connectivity index (χ1n) is 17.0. The van der Waals surface area contributed by atoms with Gasteiger partial charge in [0.25, 0.3) is 0 Å². The Balaban J connectivity index is 1.38. The van der Waals surface area contributed by atoms with Gasteiger partial charge in [0, 0.05) is 39.9 Å². The topological polar surface area (TPSA) is 74.5 Å². The van der Waals surface area contributed by atoms with Gasteiger partial charge in [-0.3, -0.25) is 4.57 Å². The van der Waals surface area contributed by atoms with Gasteiger partial charge in [-0.1, -0.05) is 84.0 Å². The van der Waals surface area contributed by atoms with Crippen molar-refractivity contribution >= 4 is 32.8 Å². The van der Waals surface area contributed by atoms with Crippen molar-refractivity contribution < 1.29 is 9.30 Å². The Morgan fingerprint density at radius 3 is 2.06 bits per heavy atom. The molecule has 8 rings (SSSR count). The second-order valence-electron chi connectivity index (χ2n) is 14.9. The van der Waals surface area contributed by atoms with Gasteiger partial charge in [0.05, 0.1) is 23.6 Å². The lowest BCUT2D eigenvalue weighted by atomic mass is 9.93. The fourth-order valence-electron chi connectivity index (χ4n) is 6.45. The first kappa shape index (κ1) is 31.4. The molecule has 0 fully saturated rings. The molecule has 50 heavy (non-hydrogen) atoms. The fraction of sp³-hybridized carbons (Fsp3) is 0.214. The number of aromatic nitrogens is 7. The summed E-state index contributed by atoms with van der Waals surface area (Å²) in [6, 6.07) is 35.2. The van der Waals surface area contributed by atoms with Crippen molar-refractivity contribution in [1.82, 2.24) is 29.1 Å². The number of para-hydroxylation sites is 3. The van der Waals surface area contributed by atoms with Gasteiger partial charge < -0.3 is 4.74 Å². The maximum atomic E-state index is 6.94. The maximum absolute atomic E-state index is 6.94. The maximum Gasteiger partial charge on any atom is 0.249 e. The van der Waals surface area contributed by atoms with Crippen LogP contribution < -0.4 is 9.30 Å². The molecule has 4 aromatic carbocycles. The van der Waals surface area contributed by atoms with Crippen molar-refractivity contribution in [3.63, 3.8) is 0 Å². The van der Waals surface area contributed by atoms with E-state index in [1.165, 1.54) is 0 Å². The van der Waals surface area contributed by atoms with Crippen LogP contribution in [0.5, 0.6) is 11.5 Å². The number of nitrogens with zero attached hydrogens (tertiary/aromatic N) is 7. The van der Waals surface area contributed by atoms with E-state index in [0.717, 1.165) is 61.6 Å². The summed E-state index contributed by atoms with van der Waals surface area (Å²) in [5.74, 6) is 4.24. The molecular formula is C42H40N7O+. The molecule has 0 aliphatic rings. The van der Waals surface area contributed by atoms with Gasteiger partial charge in [0.2, 0.25) is 6.33 Å². The lowest BCUT2D eigenvalue weighted by molar-refractivity contribution is -0.645. The number of fused-ring (bicyclic) bond motifs is 4. The van der Waals surface area contributed by atoms with E-state index in [1.54, 1.807) is 0 Å². The predicted octanol–water partition coefficient (Wildman–Crippen LogP) is 9.19. The molecule has 0 amide bonds. The van der Waals surface area contributed by atoms with E-state index >= 15 is 0 Å². The molecule has 0 spiro atoms. The molecule has 0 atom stereocenters. The molecule has 0 aliphatic heterocycles. The number of hydrogen-bond donors (Lipinski definition) is 0. The first-order valence-corrected chi connectivity index (χ1v) is 17.0. The quantitative estimate of drug-likeness (QED) is 0.172. The van der Waals surface area contributed by atoms with Gasteiger partial charge in [-0.25, -0.2) is 24.5 Å². The summed E-state index contributed by atoms with van der Waals surface area (Å²) in [5.41, 5.74) is 5.50. The predicted molar refractivity (Wildman–Crippen MR) is 199 cm³/mol. The number of benzene rings is 4. The smallest absolute Gasteiger partial charge is 0.249 e. The molecule has 248 valence electrons. The van der Waals surface area contributed by atoms with Gasteiger partial charge in [0.15, 0.2) is 16.9 Å². The molecule has 0 saturated carbocycles. The second-order valence-corrected chi connectivity index (χ2v) is 14.9. The molecule has 4 aromatic heterocycles. The highest BCUT2D eigenvalue weighted by molar-refractivity contribution is 6.11. The Morgan fingerprint density at radius 2 is 1.34 bits per heavy atom. The summed E-state index contributed by atoms with van der Waals surface area (Å²) in [6.45, 7) is 12.8. The van der Waals surface area contributed by atoms with Crippen molar-refractivity contribution in [3.8, 4) is 34.4 Å². The van der Waals surface area contributed by atoms with E-state index in [0.29, 0.717) is 17.3 Å². The van der Waals surface area contributed by atoms with Crippen molar-refractivity contribution in [2.24, 2.45) is 7.05 Å². The molecule has 8 aromatic rings. The monoisotopic (exact) mass is 658 g/mol. The van der Waals surface area contributed by atoms with Crippen LogP contribution in [0, 0.1) is 0 Å². The third-order valence-corrected chi connectivity index (χ3v) is 9.00. The summed E-state index contributed by atoms with van der Waals surface area (Å²) in [7, 11) is 2.06. The summed E-state index contributed by atoms with van der Waals surface area (Å²) in [4.78, 5) is 19.9. The Labute approximate surface area is 291 Å². The van der Waals surface area contributed by atoms with Gasteiger partial charge in [-0.2, -0.15) is 4.57 Å². The zero-order chi connectivity index (χ0) is 34.8. The van der Waals surface area contributed by atoms with Crippen LogP contribution in [0.2, 0.25) is 0 Å². The molecule has 4 heterocycles. The largest absolute Gasteiger partial charge is 0.456 e. The number of aryl methyl sites for hydroxylation is 1. The van der Waals surface area contributed by atoms with Crippen molar-refractivity contribution in [2.75, 3.05) is 0 Å². The SMILES string of the molecule is C[n+]1cn(-c2cccc(Oc3cc4c(cc3-c3nc(C(C)(C)C)nc(C(C)(C)C)n3)c3ccccc3n4-c3ccccn3)c2)c2ccccc21. The molecule has 0 unspecified atom stereocenters. The third-order valence-electron chi connectivity index (χ3n) is 9.00. The molecule has 0 bridgehead atoms.